The molecule has 7 heteroatoms. The highest BCUT2D eigenvalue weighted by Crippen LogP contribution is 2.15. The second-order valence-electron chi connectivity index (χ2n) is 4.65. The fourth-order valence-corrected chi connectivity index (χ4v) is 2.78. The Hall–Kier alpha value is -0.860. The Morgan fingerprint density at radius 3 is 2.36 bits per heavy atom. The third kappa shape index (κ3) is 5.73. The van der Waals surface area contributed by atoms with Gasteiger partial charge in [0.05, 0.1) is 12.2 Å². The van der Waals surface area contributed by atoms with Crippen LogP contribution in [-0.2, 0) is 13.1 Å². The van der Waals surface area contributed by atoms with Crippen molar-refractivity contribution in [2.24, 2.45) is 4.99 Å². The van der Waals surface area contributed by atoms with Crippen LogP contribution >= 0.6 is 46.9 Å². The number of hydrogen-bond donors (Lipinski definition) is 2. The molecule has 0 saturated carbocycles. The molecule has 0 unspecified atom stereocenters. The molecule has 0 aliphatic heterocycles. The SMILES string of the molecule is CN=C(NCc1ccc(Cl)cc1)NCc1nc(C)c(C)s1.I. The minimum Gasteiger partial charge on any atom is -0.352 e. The van der Waals surface area contributed by atoms with Crippen LogP contribution in [0, 0.1) is 13.8 Å². The summed E-state index contributed by atoms with van der Waals surface area (Å²) in [6, 6.07) is 7.76. The molecular weight excluding hydrogens is 431 g/mol. The van der Waals surface area contributed by atoms with E-state index in [1.807, 2.05) is 31.2 Å². The number of rotatable bonds is 4. The van der Waals surface area contributed by atoms with Gasteiger partial charge >= 0.3 is 0 Å². The summed E-state index contributed by atoms with van der Waals surface area (Å²) in [7, 11) is 1.76. The Morgan fingerprint density at radius 2 is 1.82 bits per heavy atom. The molecule has 1 aromatic carbocycles. The van der Waals surface area contributed by atoms with Gasteiger partial charge in [0.2, 0.25) is 0 Å². The van der Waals surface area contributed by atoms with Crippen molar-refractivity contribution < 1.29 is 0 Å². The highest BCUT2D eigenvalue weighted by atomic mass is 127. The normalized spacial score (nSPS) is 11.0. The molecular formula is C15H20ClIN4S. The number of aliphatic imine (C=N–C) groups is 1. The van der Waals surface area contributed by atoms with Crippen molar-refractivity contribution in [1.82, 2.24) is 15.6 Å². The Kier molecular flexibility index (Phi) is 8.13. The molecule has 0 aliphatic carbocycles. The summed E-state index contributed by atoms with van der Waals surface area (Å²) >= 11 is 7.58. The Morgan fingerprint density at radius 1 is 1.18 bits per heavy atom. The van der Waals surface area contributed by atoms with Crippen LogP contribution < -0.4 is 10.6 Å². The molecule has 1 heterocycles. The highest BCUT2D eigenvalue weighted by Gasteiger charge is 2.04. The fourth-order valence-electron chi connectivity index (χ4n) is 1.78. The molecule has 1 aromatic heterocycles. The van der Waals surface area contributed by atoms with Crippen LogP contribution in [0.2, 0.25) is 5.02 Å². The van der Waals surface area contributed by atoms with Gasteiger partial charge in [-0.05, 0) is 31.5 Å². The van der Waals surface area contributed by atoms with Crippen LogP contribution in [0.25, 0.3) is 0 Å². The van der Waals surface area contributed by atoms with Gasteiger partial charge in [-0.2, -0.15) is 0 Å². The molecule has 0 fully saturated rings. The first-order valence-electron chi connectivity index (χ1n) is 6.70. The molecule has 0 aliphatic rings. The molecule has 0 bridgehead atoms. The number of guanidine groups is 1. The van der Waals surface area contributed by atoms with Crippen LogP contribution in [0.4, 0.5) is 0 Å². The van der Waals surface area contributed by atoms with Gasteiger partial charge in [-0.3, -0.25) is 4.99 Å². The summed E-state index contributed by atoms with van der Waals surface area (Å²) in [5, 5.41) is 8.35. The largest absolute Gasteiger partial charge is 0.352 e. The molecule has 2 rings (SSSR count). The van der Waals surface area contributed by atoms with Crippen LogP contribution in [0.15, 0.2) is 29.3 Å². The number of nitrogens with one attached hydrogen (secondary N) is 2. The third-order valence-corrected chi connectivity index (χ3v) is 4.40. The second kappa shape index (κ2) is 9.32. The predicted octanol–water partition coefficient (Wildman–Crippen LogP) is 3.90. The quantitative estimate of drug-likeness (QED) is 0.422. The van der Waals surface area contributed by atoms with E-state index in [4.69, 9.17) is 11.6 Å². The average molecular weight is 451 g/mol. The number of nitrogens with zero attached hydrogens (tertiary/aromatic N) is 2. The monoisotopic (exact) mass is 450 g/mol. The molecule has 22 heavy (non-hydrogen) atoms. The van der Waals surface area contributed by atoms with Gasteiger partial charge in [0.1, 0.15) is 5.01 Å². The van der Waals surface area contributed by atoms with Gasteiger partial charge in [0.25, 0.3) is 0 Å². The number of aryl methyl sites for hydroxylation is 2. The Balaban J connectivity index is 0.00000242. The lowest BCUT2D eigenvalue weighted by Crippen LogP contribution is -2.36. The summed E-state index contributed by atoms with van der Waals surface area (Å²) in [4.78, 5) is 9.97. The van der Waals surface area contributed by atoms with Crippen LogP contribution in [0.1, 0.15) is 21.1 Å². The topological polar surface area (TPSA) is 49.3 Å². The van der Waals surface area contributed by atoms with Crippen molar-refractivity contribution >= 4 is 52.9 Å². The zero-order valence-corrected chi connectivity index (χ0v) is 16.7. The number of thiazole rings is 1. The maximum absolute atomic E-state index is 5.87. The molecule has 0 saturated heterocycles. The second-order valence-corrected chi connectivity index (χ2v) is 6.38. The van der Waals surface area contributed by atoms with E-state index in [0.717, 1.165) is 27.2 Å². The molecule has 4 nitrogen and oxygen atoms in total. The average Bonchev–Trinajstić information content (AvgIpc) is 2.80. The summed E-state index contributed by atoms with van der Waals surface area (Å²) in [5.74, 6) is 0.760. The summed E-state index contributed by atoms with van der Waals surface area (Å²) in [5.41, 5.74) is 2.25. The molecule has 2 aromatic rings. The standard InChI is InChI=1S/C15H19ClN4S.HI/c1-10-11(2)21-14(20-10)9-19-15(17-3)18-8-12-4-6-13(16)7-5-12;/h4-7H,8-9H2,1-3H3,(H2,17,18,19);1H. The van der Waals surface area contributed by atoms with Crippen molar-refractivity contribution in [1.29, 1.82) is 0 Å². The maximum atomic E-state index is 5.87. The number of halogens is 2. The lowest BCUT2D eigenvalue weighted by Gasteiger charge is -2.11. The van der Waals surface area contributed by atoms with Gasteiger partial charge in [0, 0.05) is 23.5 Å². The van der Waals surface area contributed by atoms with E-state index < -0.39 is 0 Å². The molecule has 0 atom stereocenters. The van der Waals surface area contributed by atoms with E-state index in [1.54, 1.807) is 18.4 Å². The minimum atomic E-state index is 0. The zero-order valence-electron chi connectivity index (χ0n) is 12.8. The van der Waals surface area contributed by atoms with Gasteiger partial charge < -0.3 is 10.6 Å². The lowest BCUT2D eigenvalue weighted by atomic mass is 10.2. The van der Waals surface area contributed by atoms with Crippen LogP contribution in [0.3, 0.4) is 0 Å². The molecule has 0 amide bonds. The lowest BCUT2D eigenvalue weighted by molar-refractivity contribution is 0.803. The molecule has 0 spiro atoms. The summed E-state index contributed by atoms with van der Waals surface area (Å²) in [6.07, 6.45) is 0. The first kappa shape index (κ1) is 19.2. The van der Waals surface area contributed by atoms with Gasteiger partial charge in [-0.15, -0.1) is 35.3 Å². The third-order valence-electron chi connectivity index (χ3n) is 3.08. The summed E-state index contributed by atoms with van der Waals surface area (Å²) in [6.45, 7) is 5.50. The van der Waals surface area contributed by atoms with Gasteiger partial charge in [-0.1, -0.05) is 23.7 Å². The van der Waals surface area contributed by atoms with E-state index in [-0.39, 0.29) is 24.0 Å². The molecule has 2 N–H and O–H groups in total. The van der Waals surface area contributed by atoms with Gasteiger partial charge in [-0.25, -0.2) is 4.98 Å². The van der Waals surface area contributed by atoms with Gasteiger partial charge in [0.15, 0.2) is 5.96 Å². The van der Waals surface area contributed by atoms with E-state index in [9.17, 15) is 0 Å². The van der Waals surface area contributed by atoms with E-state index in [0.29, 0.717) is 13.1 Å². The van der Waals surface area contributed by atoms with Crippen molar-refractivity contribution in [2.75, 3.05) is 7.05 Å². The number of aromatic nitrogens is 1. The smallest absolute Gasteiger partial charge is 0.191 e. The Bertz CT molecular complexity index is 605. The van der Waals surface area contributed by atoms with E-state index in [2.05, 4.69) is 27.5 Å². The highest BCUT2D eigenvalue weighted by molar-refractivity contribution is 14.0. The summed E-state index contributed by atoms with van der Waals surface area (Å²) < 4.78 is 0. The zero-order chi connectivity index (χ0) is 15.2. The van der Waals surface area contributed by atoms with Crippen LogP contribution in [-0.4, -0.2) is 18.0 Å². The predicted molar refractivity (Wildman–Crippen MR) is 105 cm³/mol. The fraction of sp³-hybridized carbons (Fsp3) is 0.333. The first-order valence-corrected chi connectivity index (χ1v) is 7.90. The maximum Gasteiger partial charge on any atom is 0.191 e. The molecule has 0 radical (unpaired) electrons. The van der Waals surface area contributed by atoms with E-state index >= 15 is 0 Å². The van der Waals surface area contributed by atoms with Crippen molar-refractivity contribution in [3.05, 3.63) is 50.4 Å². The van der Waals surface area contributed by atoms with Crippen molar-refractivity contribution in [2.45, 2.75) is 26.9 Å². The van der Waals surface area contributed by atoms with E-state index in [1.165, 1.54) is 4.88 Å². The molecule has 120 valence electrons. The number of benzene rings is 1. The number of hydrogen-bond acceptors (Lipinski definition) is 3. The first-order chi connectivity index (χ1) is 10.1. The van der Waals surface area contributed by atoms with Crippen molar-refractivity contribution in [3.63, 3.8) is 0 Å². The van der Waals surface area contributed by atoms with Crippen LogP contribution in [0.5, 0.6) is 0 Å². The Labute approximate surface area is 157 Å². The minimum absolute atomic E-state index is 0. The van der Waals surface area contributed by atoms with Crippen molar-refractivity contribution in [3.8, 4) is 0 Å².